The molecule has 0 saturated carbocycles. The molecule has 1 heterocycles. The number of thiophene rings is 1. The topological polar surface area (TPSA) is 108 Å². The highest BCUT2D eigenvalue weighted by atomic mass is 32.1. The van der Waals surface area contributed by atoms with Crippen molar-refractivity contribution in [1.82, 2.24) is 0 Å². The van der Waals surface area contributed by atoms with Crippen molar-refractivity contribution < 1.29 is 24.0 Å². The molecule has 8 nitrogen and oxygen atoms in total. The maximum atomic E-state index is 12.4. The van der Waals surface area contributed by atoms with Gasteiger partial charge >= 0.3 is 5.97 Å². The number of ether oxygens (including phenoxy) is 2. The third kappa shape index (κ3) is 4.73. The molecule has 0 spiro atoms. The number of hydrogen-bond acceptors (Lipinski definition) is 7. The number of non-ortho nitro benzene ring substituents is 1. The number of fused-ring (bicyclic) bond motifs is 1. The number of nitro groups is 1. The molecule has 1 aromatic carbocycles. The number of nitro benzene ring substituents is 1. The number of benzene rings is 1. The molecule has 0 saturated heterocycles. The molecule has 1 aromatic heterocycles. The number of carbonyl (C=O) groups excluding carboxylic acids is 2. The Morgan fingerprint density at radius 3 is 2.72 bits per heavy atom. The van der Waals surface area contributed by atoms with Crippen LogP contribution in [0.4, 0.5) is 10.7 Å². The van der Waals surface area contributed by atoms with Crippen molar-refractivity contribution in [3.63, 3.8) is 0 Å². The van der Waals surface area contributed by atoms with E-state index in [2.05, 4.69) is 5.32 Å². The SMILES string of the molecule is CCOC(=O)c1c(NC(=O)COc2ccc([N+](=O)[O-])cc2C)sc2c1CCCC2. The van der Waals surface area contributed by atoms with E-state index in [1.54, 1.807) is 13.8 Å². The summed E-state index contributed by atoms with van der Waals surface area (Å²) in [5.74, 6) is -0.442. The van der Waals surface area contributed by atoms with Crippen LogP contribution in [0.5, 0.6) is 5.75 Å². The van der Waals surface area contributed by atoms with E-state index in [1.165, 1.54) is 29.5 Å². The second-order valence-electron chi connectivity index (χ2n) is 6.68. The van der Waals surface area contributed by atoms with Crippen molar-refractivity contribution in [1.29, 1.82) is 0 Å². The number of nitrogens with zero attached hydrogens (tertiary/aromatic N) is 1. The third-order valence-electron chi connectivity index (χ3n) is 4.63. The molecule has 1 aliphatic carbocycles. The Kier molecular flexibility index (Phi) is 6.48. The van der Waals surface area contributed by atoms with E-state index in [-0.39, 0.29) is 18.9 Å². The van der Waals surface area contributed by atoms with E-state index in [0.29, 0.717) is 21.9 Å². The van der Waals surface area contributed by atoms with Crippen LogP contribution >= 0.6 is 11.3 Å². The van der Waals surface area contributed by atoms with Crippen molar-refractivity contribution in [3.05, 3.63) is 49.9 Å². The fourth-order valence-corrected chi connectivity index (χ4v) is 4.58. The van der Waals surface area contributed by atoms with Crippen molar-refractivity contribution in [3.8, 4) is 5.75 Å². The number of nitrogens with one attached hydrogen (secondary N) is 1. The van der Waals surface area contributed by atoms with Gasteiger partial charge in [-0.05, 0) is 56.7 Å². The van der Waals surface area contributed by atoms with Gasteiger partial charge in [0, 0.05) is 17.0 Å². The van der Waals surface area contributed by atoms with Gasteiger partial charge in [-0.2, -0.15) is 0 Å². The van der Waals surface area contributed by atoms with Gasteiger partial charge in [0.05, 0.1) is 17.1 Å². The highest BCUT2D eigenvalue weighted by Gasteiger charge is 2.27. The van der Waals surface area contributed by atoms with Crippen LogP contribution in [0, 0.1) is 17.0 Å². The van der Waals surface area contributed by atoms with Gasteiger partial charge in [-0.25, -0.2) is 4.79 Å². The summed E-state index contributed by atoms with van der Waals surface area (Å²) in [5.41, 5.74) is 1.95. The van der Waals surface area contributed by atoms with Crippen LogP contribution in [0.3, 0.4) is 0 Å². The fraction of sp³-hybridized carbons (Fsp3) is 0.400. The molecule has 1 aliphatic rings. The number of carbonyl (C=O) groups is 2. The summed E-state index contributed by atoms with van der Waals surface area (Å²) >= 11 is 1.41. The first-order valence-corrected chi connectivity index (χ1v) is 10.2. The maximum absolute atomic E-state index is 12.4. The zero-order valence-corrected chi connectivity index (χ0v) is 17.1. The van der Waals surface area contributed by atoms with Gasteiger partial charge in [0.2, 0.25) is 0 Å². The summed E-state index contributed by atoms with van der Waals surface area (Å²) in [6, 6.07) is 4.18. The fourth-order valence-electron chi connectivity index (χ4n) is 3.29. The van der Waals surface area contributed by atoms with Gasteiger partial charge in [0.1, 0.15) is 10.8 Å². The van der Waals surface area contributed by atoms with E-state index < -0.39 is 16.8 Å². The molecule has 1 amide bonds. The number of anilines is 1. The standard InChI is InChI=1S/C20H22N2O6S/c1-3-27-20(24)18-14-6-4-5-7-16(14)29-19(18)21-17(23)11-28-15-9-8-13(22(25)26)10-12(15)2/h8-10H,3-7,11H2,1-2H3,(H,21,23). The monoisotopic (exact) mass is 418 g/mol. The number of hydrogen-bond donors (Lipinski definition) is 1. The molecule has 0 fully saturated rings. The number of esters is 1. The zero-order chi connectivity index (χ0) is 21.0. The number of amides is 1. The minimum Gasteiger partial charge on any atom is -0.483 e. The smallest absolute Gasteiger partial charge is 0.341 e. The minimum atomic E-state index is -0.487. The second kappa shape index (κ2) is 9.04. The third-order valence-corrected chi connectivity index (χ3v) is 5.84. The maximum Gasteiger partial charge on any atom is 0.341 e. The van der Waals surface area contributed by atoms with E-state index >= 15 is 0 Å². The average molecular weight is 418 g/mol. The normalized spacial score (nSPS) is 12.8. The van der Waals surface area contributed by atoms with Gasteiger partial charge in [0.25, 0.3) is 11.6 Å². The average Bonchev–Trinajstić information content (AvgIpc) is 3.04. The zero-order valence-electron chi connectivity index (χ0n) is 16.3. The highest BCUT2D eigenvalue weighted by molar-refractivity contribution is 7.17. The summed E-state index contributed by atoms with van der Waals surface area (Å²) < 4.78 is 10.7. The lowest BCUT2D eigenvalue weighted by molar-refractivity contribution is -0.384. The lowest BCUT2D eigenvalue weighted by Gasteiger charge is -2.12. The van der Waals surface area contributed by atoms with Gasteiger partial charge in [0.15, 0.2) is 6.61 Å². The lowest BCUT2D eigenvalue weighted by atomic mass is 9.95. The first-order valence-electron chi connectivity index (χ1n) is 9.40. The highest BCUT2D eigenvalue weighted by Crippen LogP contribution is 2.38. The first-order chi connectivity index (χ1) is 13.9. The molecule has 3 rings (SSSR count). The molecule has 0 atom stereocenters. The van der Waals surface area contributed by atoms with Crippen LogP contribution in [0.1, 0.15) is 46.1 Å². The molecule has 0 bridgehead atoms. The van der Waals surface area contributed by atoms with Crippen molar-refractivity contribution >= 4 is 33.9 Å². The Balaban J connectivity index is 1.71. The molecule has 0 aliphatic heterocycles. The van der Waals surface area contributed by atoms with Crippen LogP contribution in [0.15, 0.2) is 18.2 Å². The summed E-state index contributed by atoms with van der Waals surface area (Å²) in [7, 11) is 0. The Bertz CT molecular complexity index is 953. The van der Waals surface area contributed by atoms with Crippen LogP contribution in [-0.2, 0) is 22.4 Å². The first kappa shape index (κ1) is 20.8. The molecular formula is C20H22N2O6S. The summed E-state index contributed by atoms with van der Waals surface area (Å²) in [6.45, 7) is 3.41. The minimum absolute atomic E-state index is 0.0393. The molecule has 154 valence electrons. The van der Waals surface area contributed by atoms with Crippen molar-refractivity contribution in [2.24, 2.45) is 0 Å². The Morgan fingerprint density at radius 1 is 1.28 bits per heavy atom. The molecular weight excluding hydrogens is 396 g/mol. The van der Waals surface area contributed by atoms with E-state index in [1.807, 2.05) is 0 Å². The molecule has 0 unspecified atom stereocenters. The van der Waals surface area contributed by atoms with Crippen LogP contribution < -0.4 is 10.1 Å². The van der Waals surface area contributed by atoms with E-state index in [0.717, 1.165) is 36.1 Å². The summed E-state index contributed by atoms with van der Waals surface area (Å²) in [4.78, 5) is 36.3. The van der Waals surface area contributed by atoms with Crippen LogP contribution in [0.2, 0.25) is 0 Å². The van der Waals surface area contributed by atoms with Gasteiger partial charge in [-0.1, -0.05) is 0 Å². The van der Waals surface area contributed by atoms with Crippen LogP contribution in [0.25, 0.3) is 0 Å². The Hall–Kier alpha value is -2.94. The summed E-state index contributed by atoms with van der Waals surface area (Å²) in [6.07, 6.45) is 3.76. The number of aryl methyl sites for hydroxylation is 2. The second-order valence-corrected chi connectivity index (χ2v) is 7.78. The van der Waals surface area contributed by atoms with E-state index in [4.69, 9.17) is 9.47 Å². The molecule has 0 radical (unpaired) electrons. The van der Waals surface area contributed by atoms with Gasteiger partial charge in [-0.15, -0.1) is 11.3 Å². The van der Waals surface area contributed by atoms with Gasteiger partial charge < -0.3 is 14.8 Å². The largest absolute Gasteiger partial charge is 0.483 e. The van der Waals surface area contributed by atoms with Gasteiger partial charge in [-0.3, -0.25) is 14.9 Å². The quantitative estimate of drug-likeness (QED) is 0.413. The summed E-state index contributed by atoms with van der Waals surface area (Å²) in [5, 5.41) is 14.1. The molecule has 2 aromatic rings. The molecule has 29 heavy (non-hydrogen) atoms. The Labute approximate surface area is 172 Å². The van der Waals surface area contributed by atoms with E-state index in [9.17, 15) is 19.7 Å². The number of rotatable bonds is 7. The van der Waals surface area contributed by atoms with Crippen LogP contribution in [-0.4, -0.2) is 30.0 Å². The molecule has 1 N–H and O–H groups in total. The molecule has 9 heteroatoms. The van der Waals surface area contributed by atoms with Crippen molar-refractivity contribution in [2.75, 3.05) is 18.5 Å². The van der Waals surface area contributed by atoms with Crippen molar-refractivity contribution in [2.45, 2.75) is 39.5 Å². The predicted octanol–water partition coefficient (Wildman–Crippen LogP) is 4.04. The Morgan fingerprint density at radius 2 is 2.03 bits per heavy atom. The lowest BCUT2D eigenvalue weighted by Crippen LogP contribution is -2.21. The predicted molar refractivity (Wildman–Crippen MR) is 109 cm³/mol.